The molecule has 1 aliphatic heterocycles. The number of rotatable bonds is 8. The van der Waals surface area contributed by atoms with Crippen LogP contribution in [0.2, 0.25) is 0 Å². The summed E-state index contributed by atoms with van der Waals surface area (Å²) in [6.45, 7) is 10.6. The molecule has 156 valence electrons. The SMILES string of the molecule is CC(C)CC1(C(CCO)C(=O)OC(C)(C)C)CCN(Cc2ccccc2)C1=O. The highest BCUT2D eigenvalue weighted by Gasteiger charge is 2.55. The van der Waals surface area contributed by atoms with E-state index < -0.39 is 16.9 Å². The van der Waals surface area contributed by atoms with Gasteiger partial charge in [-0.1, -0.05) is 44.2 Å². The summed E-state index contributed by atoms with van der Waals surface area (Å²) in [5.41, 5.74) is -0.365. The molecular formula is C23H35NO4. The molecule has 1 aliphatic rings. The fourth-order valence-corrected chi connectivity index (χ4v) is 4.32. The minimum Gasteiger partial charge on any atom is -0.460 e. The number of nitrogens with zero attached hydrogens (tertiary/aromatic N) is 1. The topological polar surface area (TPSA) is 66.8 Å². The van der Waals surface area contributed by atoms with Crippen LogP contribution in [0.4, 0.5) is 0 Å². The third-order valence-corrected chi connectivity index (χ3v) is 5.31. The Hall–Kier alpha value is -1.88. The molecule has 5 nitrogen and oxygen atoms in total. The highest BCUT2D eigenvalue weighted by Crippen LogP contribution is 2.47. The third-order valence-electron chi connectivity index (χ3n) is 5.31. The molecule has 2 unspecified atom stereocenters. The van der Waals surface area contributed by atoms with Crippen molar-refractivity contribution in [3.05, 3.63) is 35.9 Å². The molecule has 0 aliphatic carbocycles. The summed E-state index contributed by atoms with van der Waals surface area (Å²) in [5.74, 6) is -0.747. The number of amides is 1. The van der Waals surface area contributed by atoms with Crippen molar-refractivity contribution in [2.45, 2.75) is 66.0 Å². The molecule has 1 fully saturated rings. The number of likely N-dealkylation sites (tertiary alicyclic amines) is 1. The van der Waals surface area contributed by atoms with Gasteiger partial charge in [-0.05, 0) is 51.5 Å². The lowest BCUT2D eigenvalue weighted by Gasteiger charge is -2.37. The van der Waals surface area contributed by atoms with Gasteiger partial charge in [0.15, 0.2) is 0 Å². The summed E-state index contributed by atoms with van der Waals surface area (Å²) in [7, 11) is 0. The first-order valence-corrected chi connectivity index (χ1v) is 10.3. The van der Waals surface area contributed by atoms with Gasteiger partial charge in [-0.2, -0.15) is 0 Å². The first-order chi connectivity index (χ1) is 13.1. The minimum absolute atomic E-state index is 0.00867. The van der Waals surface area contributed by atoms with Crippen LogP contribution < -0.4 is 0 Å². The first-order valence-electron chi connectivity index (χ1n) is 10.3. The van der Waals surface area contributed by atoms with Crippen LogP contribution in [-0.4, -0.2) is 40.6 Å². The van der Waals surface area contributed by atoms with Gasteiger partial charge in [-0.25, -0.2) is 0 Å². The predicted octanol–water partition coefficient (Wildman–Crippen LogP) is 3.79. The lowest BCUT2D eigenvalue weighted by atomic mass is 9.67. The molecule has 0 aromatic heterocycles. The monoisotopic (exact) mass is 389 g/mol. The van der Waals surface area contributed by atoms with E-state index in [1.54, 1.807) is 0 Å². The molecule has 1 aromatic rings. The van der Waals surface area contributed by atoms with Gasteiger partial charge in [0.25, 0.3) is 0 Å². The molecule has 5 heteroatoms. The van der Waals surface area contributed by atoms with Gasteiger partial charge < -0.3 is 14.7 Å². The number of esters is 1. The van der Waals surface area contributed by atoms with Crippen LogP contribution in [0.1, 0.15) is 59.4 Å². The highest BCUT2D eigenvalue weighted by atomic mass is 16.6. The molecule has 1 amide bonds. The molecule has 1 N–H and O–H groups in total. The summed E-state index contributed by atoms with van der Waals surface area (Å²) >= 11 is 0. The zero-order valence-electron chi connectivity index (χ0n) is 17.9. The average Bonchev–Trinajstić information content (AvgIpc) is 2.88. The quantitative estimate of drug-likeness (QED) is 0.687. The molecule has 1 heterocycles. The van der Waals surface area contributed by atoms with E-state index in [-0.39, 0.29) is 30.8 Å². The average molecular weight is 390 g/mol. The Labute approximate surface area is 169 Å². The molecule has 0 radical (unpaired) electrons. The van der Waals surface area contributed by atoms with E-state index in [0.717, 1.165) is 5.56 Å². The van der Waals surface area contributed by atoms with E-state index in [1.165, 1.54) is 0 Å². The number of aliphatic hydroxyl groups excluding tert-OH is 1. The Kier molecular flexibility index (Phi) is 7.27. The number of hydrogen-bond donors (Lipinski definition) is 1. The van der Waals surface area contributed by atoms with Crippen LogP contribution in [0.15, 0.2) is 30.3 Å². The second-order valence-corrected chi connectivity index (χ2v) is 9.31. The standard InChI is InChI=1S/C23H35NO4/c1-17(2)15-23(19(11-14-25)20(26)28-22(3,4)5)12-13-24(21(23)27)16-18-9-7-6-8-10-18/h6-10,17,19,25H,11-16H2,1-5H3. The van der Waals surface area contributed by atoms with Gasteiger partial charge in [0.05, 0.1) is 11.3 Å². The van der Waals surface area contributed by atoms with Crippen LogP contribution in [0.25, 0.3) is 0 Å². The van der Waals surface area contributed by atoms with Crippen LogP contribution in [0.5, 0.6) is 0 Å². The van der Waals surface area contributed by atoms with Crippen LogP contribution in [0.3, 0.4) is 0 Å². The fourth-order valence-electron chi connectivity index (χ4n) is 4.32. The summed E-state index contributed by atoms with van der Waals surface area (Å²) < 4.78 is 5.65. The predicted molar refractivity (Wildman–Crippen MR) is 109 cm³/mol. The Morgan fingerprint density at radius 2 is 1.89 bits per heavy atom. The van der Waals surface area contributed by atoms with Gasteiger partial charge in [0.1, 0.15) is 5.60 Å². The van der Waals surface area contributed by atoms with Gasteiger partial charge in [0.2, 0.25) is 5.91 Å². The smallest absolute Gasteiger partial charge is 0.310 e. The second-order valence-electron chi connectivity index (χ2n) is 9.31. The number of hydrogen-bond acceptors (Lipinski definition) is 4. The Morgan fingerprint density at radius 3 is 2.43 bits per heavy atom. The maximum Gasteiger partial charge on any atom is 0.310 e. The summed E-state index contributed by atoms with van der Waals surface area (Å²) in [4.78, 5) is 28.5. The Balaban J connectivity index is 2.33. The van der Waals surface area contributed by atoms with Crippen LogP contribution >= 0.6 is 0 Å². The van der Waals surface area contributed by atoms with E-state index in [9.17, 15) is 14.7 Å². The lowest BCUT2D eigenvalue weighted by Crippen LogP contribution is -2.46. The van der Waals surface area contributed by atoms with Crippen LogP contribution in [-0.2, 0) is 20.9 Å². The molecule has 0 saturated carbocycles. The van der Waals surface area contributed by atoms with E-state index >= 15 is 0 Å². The van der Waals surface area contributed by atoms with Crippen molar-refractivity contribution in [2.24, 2.45) is 17.3 Å². The maximum absolute atomic E-state index is 13.6. The Morgan fingerprint density at radius 1 is 1.25 bits per heavy atom. The van der Waals surface area contributed by atoms with Gasteiger partial charge in [-0.15, -0.1) is 0 Å². The second kappa shape index (κ2) is 9.08. The number of ether oxygens (including phenoxy) is 1. The highest BCUT2D eigenvalue weighted by molar-refractivity contribution is 5.90. The van der Waals surface area contributed by atoms with Crippen molar-refractivity contribution in [1.82, 2.24) is 4.90 Å². The summed E-state index contributed by atoms with van der Waals surface area (Å²) in [6, 6.07) is 9.90. The molecule has 28 heavy (non-hydrogen) atoms. The number of carbonyl (C=O) groups excluding carboxylic acids is 2. The molecule has 0 spiro atoms. The Bertz CT molecular complexity index is 665. The van der Waals surface area contributed by atoms with E-state index in [0.29, 0.717) is 25.9 Å². The van der Waals surface area contributed by atoms with E-state index in [1.807, 2.05) is 56.0 Å². The van der Waals surface area contributed by atoms with Gasteiger partial charge in [0, 0.05) is 19.7 Å². The fraction of sp³-hybridized carbons (Fsp3) is 0.652. The van der Waals surface area contributed by atoms with Crippen LogP contribution in [0, 0.1) is 17.3 Å². The number of benzene rings is 1. The lowest BCUT2D eigenvalue weighted by molar-refractivity contribution is -0.170. The maximum atomic E-state index is 13.6. The molecule has 1 aromatic carbocycles. The van der Waals surface area contributed by atoms with Gasteiger partial charge in [-0.3, -0.25) is 9.59 Å². The zero-order chi connectivity index (χ0) is 20.9. The molecule has 0 bridgehead atoms. The number of carbonyl (C=O) groups is 2. The van der Waals surface area contributed by atoms with E-state index in [4.69, 9.17) is 4.74 Å². The molecule has 2 atom stereocenters. The normalized spacial score (nSPS) is 21.2. The van der Waals surface area contributed by atoms with Crippen molar-refractivity contribution in [2.75, 3.05) is 13.2 Å². The third kappa shape index (κ3) is 5.34. The van der Waals surface area contributed by atoms with Gasteiger partial charge >= 0.3 is 5.97 Å². The van der Waals surface area contributed by atoms with Crippen molar-refractivity contribution >= 4 is 11.9 Å². The van der Waals surface area contributed by atoms with Crippen molar-refractivity contribution in [3.63, 3.8) is 0 Å². The van der Waals surface area contributed by atoms with Crippen molar-refractivity contribution in [3.8, 4) is 0 Å². The largest absolute Gasteiger partial charge is 0.460 e. The summed E-state index contributed by atoms with van der Waals surface area (Å²) in [5, 5.41) is 9.65. The molecule has 1 saturated heterocycles. The zero-order valence-corrected chi connectivity index (χ0v) is 17.9. The van der Waals surface area contributed by atoms with Crippen molar-refractivity contribution < 1.29 is 19.4 Å². The van der Waals surface area contributed by atoms with Crippen molar-refractivity contribution in [1.29, 1.82) is 0 Å². The molecule has 2 rings (SSSR count). The van der Waals surface area contributed by atoms with E-state index in [2.05, 4.69) is 13.8 Å². The first kappa shape index (κ1) is 22.4. The molecular weight excluding hydrogens is 354 g/mol. The minimum atomic E-state index is -0.811. The number of aliphatic hydroxyl groups is 1. The summed E-state index contributed by atoms with van der Waals surface area (Å²) in [6.07, 6.45) is 1.47.